The van der Waals surface area contributed by atoms with Gasteiger partial charge >= 0.3 is 5.97 Å². The van der Waals surface area contributed by atoms with Gasteiger partial charge in [0.05, 0.1) is 11.4 Å². The Morgan fingerprint density at radius 2 is 1.85 bits per heavy atom. The van der Waals surface area contributed by atoms with Crippen molar-refractivity contribution in [1.82, 2.24) is 9.88 Å². The van der Waals surface area contributed by atoms with Crippen molar-refractivity contribution in [2.75, 3.05) is 10.7 Å². The molecule has 2 atom stereocenters. The second-order valence-electron chi connectivity index (χ2n) is 8.16. The second-order valence-corrected chi connectivity index (χ2v) is 10.3. The average molecular weight is 494 g/mol. The van der Waals surface area contributed by atoms with Crippen LogP contribution in [0.1, 0.15) is 31.0 Å². The zero-order chi connectivity index (χ0) is 23.7. The van der Waals surface area contributed by atoms with E-state index in [9.17, 15) is 14.4 Å². The molecule has 1 aromatic heterocycles. The number of rotatable bonds is 6. The lowest BCUT2D eigenvalue weighted by molar-refractivity contribution is -0.155. The van der Waals surface area contributed by atoms with Crippen LogP contribution in [0.3, 0.4) is 0 Å². The predicted octanol–water partition coefficient (Wildman–Crippen LogP) is 4.46. The molecule has 0 aliphatic carbocycles. The summed E-state index contributed by atoms with van der Waals surface area (Å²) < 4.78 is 5.60. The Labute approximate surface area is 205 Å². The van der Waals surface area contributed by atoms with Gasteiger partial charge in [0, 0.05) is 24.5 Å². The number of nitrogens with zero attached hydrogens (tertiary/aromatic N) is 3. The first-order valence-electron chi connectivity index (χ1n) is 11.0. The molecule has 0 spiro atoms. The van der Waals surface area contributed by atoms with Crippen molar-refractivity contribution in [2.24, 2.45) is 0 Å². The van der Waals surface area contributed by atoms with E-state index in [2.05, 4.69) is 4.98 Å². The molecule has 2 aliphatic rings. The lowest BCUT2D eigenvalue weighted by atomic mass is 10.0. The number of hydrogen-bond acceptors (Lipinski definition) is 7. The molecule has 174 valence electrons. The molecule has 0 unspecified atom stereocenters. The number of amides is 2. The van der Waals surface area contributed by atoms with E-state index in [4.69, 9.17) is 4.74 Å². The summed E-state index contributed by atoms with van der Waals surface area (Å²) in [5.41, 5.74) is 2.32. The van der Waals surface area contributed by atoms with Gasteiger partial charge in [-0.1, -0.05) is 48.5 Å². The molecule has 0 saturated carbocycles. The number of anilines is 2. The van der Waals surface area contributed by atoms with Gasteiger partial charge in [0.15, 0.2) is 5.13 Å². The van der Waals surface area contributed by atoms with Gasteiger partial charge in [-0.2, -0.15) is 0 Å². The molecule has 34 heavy (non-hydrogen) atoms. The van der Waals surface area contributed by atoms with E-state index in [-0.39, 0.29) is 18.4 Å². The first kappa shape index (κ1) is 22.6. The number of carbonyl (C=O) groups is 3. The highest BCUT2D eigenvalue weighted by Crippen LogP contribution is 2.54. The predicted molar refractivity (Wildman–Crippen MR) is 132 cm³/mol. The lowest BCUT2D eigenvalue weighted by Gasteiger charge is -2.33. The molecule has 2 aromatic carbocycles. The van der Waals surface area contributed by atoms with Gasteiger partial charge in [0.25, 0.3) is 0 Å². The summed E-state index contributed by atoms with van der Waals surface area (Å²) in [6.07, 6.45) is 1.10. The summed E-state index contributed by atoms with van der Waals surface area (Å²) in [5.74, 6) is -0.112. The highest BCUT2D eigenvalue weighted by molar-refractivity contribution is 8.00. The lowest BCUT2D eigenvalue weighted by Crippen LogP contribution is -2.46. The third kappa shape index (κ3) is 3.99. The van der Waals surface area contributed by atoms with Crippen LogP contribution in [0.4, 0.5) is 10.8 Å². The highest BCUT2D eigenvalue weighted by atomic mass is 32.2. The second kappa shape index (κ2) is 9.23. The van der Waals surface area contributed by atoms with Crippen LogP contribution < -0.4 is 4.90 Å². The van der Waals surface area contributed by atoms with Crippen LogP contribution in [-0.4, -0.2) is 39.5 Å². The van der Waals surface area contributed by atoms with Gasteiger partial charge in [-0.3, -0.25) is 14.5 Å². The van der Waals surface area contributed by atoms with Gasteiger partial charge in [-0.15, -0.1) is 23.1 Å². The van der Waals surface area contributed by atoms with Gasteiger partial charge in [-0.25, -0.2) is 9.78 Å². The van der Waals surface area contributed by atoms with E-state index < -0.39 is 16.9 Å². The third-order valence-electron chi connectivity index (χ3n) is 6.05. The van der Waals surface area contributed by atoms with Gasteiger partial charge in [0.2, 0.25) is 11.8 Å². The van der Waals surface area contributed by atoms with Crippen LogP contribution in [0.5, 0.6) is 0 Å². The minimum Gasteiger partial charge on any atom is -0.458 e. The van der Waals surface area contributed by atoms with Crippen molar-refractivity contribution in [2.45, 2.75) is 37.3 Å². The minimum absolute atomic E-state index is 0.0165. The number of thiazole rings is 1. The van der Waals surface area contributed by atoms with Crippen molar-refractivity contribution in [3.8, 4) is 0 Å². The molecule has 0 N–H and O–H groups in total. The number of para-hydroxylation sites is 1. The Morgan fingerprint density at radius 1 is 1.15 bits per heavy atom. The maximum Gasteiger partial charge on any atom is 0.330 e. The van der Waals surface area contributed by atoms with Crippen LogP contribution in [0.25, 0.3) is 0 Å². The highest BCUT2D eigenvalue weighted by Gasteiger charge is 2.57. The average Bonchev–Trinajstić information content (AvgIpc) is 3.55. The quantitative estimate of drug-likeness (QED) is 0.472. The van der Waals surface area contributed by atoms with Crippen molar-refractivity contribution in [3.63, 3.8) is 0 Å². The first-order chi connectivity index (χ1) is 16.5. The number of hydrogen-bond donors (Lipinski definition) is 0. The number of carbonyl (C=O) groups excluding carboxylic acids is 3. The van der Waals surface area contributed by atoms with E-state index in [0.29, 0.717) is 29.4 Å². The summed E-state index contributed by atoms with van der Waals surface area (Å²) in [7, 11) is 0. The molecule has 0 bridgehead atoms. The van der Waals surface area contributed by atoms with Gasteiger partial charge in [-0.05, 0) is 24.1 Å². The molecular weight excluding hydrogens is 470 g/mol. The number of ether oxygens (including phenoxy) is 1. The fourth-order valence-corrected chi connectivity index (χ4v) is 7.03. The Kier molecular flexibility index (Phi) is 6.14. The summed E-state index contributed by atoms with van der Waals surface area (Å²) in [6, 6.07) is 18.5. The summed E-state index contributed by atoms with van der Waals surface area (Å²) in [4.78, 5) is 45.3. The van der Waals surface area contributed by atoms with Crippen molar-refractivity contribution < 1.29 is 19.1 Å². The smallest absolute Gasteiger partial charge is 0.330 e. The monoisotopic (exact) mass is 493 g/mol. The number of esters is 1. The summed E-state index contributed by atoms with van der Waals surface area (Å²) in [6.45, 7) is 1.47. The number of thioether (sulfide) groups is 1. The van der Waals surface area contributed by atoms with Crippen LogP contribution >= 0.6 is 23.1 Å². The molecule has 7 nitrogen and oxygen atoms in total. The number of fused-ring (bicyclic) bond motifs is 1. The van der Waals surface area contributed by atoms with E-state index in [1.54, 1.807) is 22.0 Å². The summed E-state index contributed by atoms with van der Waals surface area (Å²) >= 11 is 2.94. The van der Waals surface area contributed by atoms with E-state index in [1.807, 2.05) is 60.7 Å². The standard InChI is InChI=1S/C25H23N3O4S2/c1-17(29)27(20-10-6-3-7-11-20)24-26-19(15-33-24)14-32-23(31)21-16-34-25(13-12-22(30)28(21)25)18-8-4-2-5-9-18/h2-11,15,21H,12-14,16H2,1H3/t21-,25+/m1/s1. The Morgan fingerprint density at radius 3 is 2.56 bits per heavy atom. The topological polar surface area (TPSA) is 79.8 Å². The van der Waals surface area contributed by atoms with E-state index in [0.717, 1.165) is 11.3 Å². The molecule has 9 heteroatoms. The van der Waals surface area contributed by atoms with Crippen molar-refractivity contribution >= 4 is 51.7 Å². The molecule has 3 heterocycles. The van der Waals surface area contributed by atoms with E-state index >= 15 is 0 Å². The normalized spacial score (nSPS) is 21.4. The Bertz CT molecular complexity index is 1220. The van der Waals surface area contributed by atoms with Crippen LogP contribution in [-0.2, 0) is 30.6 Å². The van der Waals surface area contributed by atoms with Crippen LogP contribution in [0.2, 0.25) is 0 Å². The number of benzene rings is 2. The fraction of sp³-hybridized carbons (Fsp3) is 0.280. The number of aromatic nitrogens is 1. The molecule has 2 aliphatic heterocycles. The van der Waals surface area contributed by atoms with Crippen molar-refractivity contribution in [3.05, 3.63) is 77.3 Å². The molecule has 5 rings (SSSR count). The zero-order valence-corrected chi connectivity index (χ0v) is 20.2. The maximum absolute atomic E-state index is 13.0. The SMILES string of the molecule is CC(=O)N(c1ccccc1)c1nc(COC(=O)[C@H]2CS[C@]3(c4ccccc4)CCC(=O)N23)cs1. The first-order valence-corrected chi connectivity index (χ1v) is 12.8. The summed E-state index contributed by atoms with van der Waals surface area (Å²) in [5, 5.41) is 2.29. The van der Waals surface area contributed by atoms with Crippen molar-refractivity contribution in [1.29, 1.82) is 0 Å². The zero-order valence-electron chi connectivity index (χ0n) is 18.5. The van der Waals surface area contributed by atoms with Gasteiger partial charge in [0.1, 0.15) is 17.5 Å². The van der Waals surface area contributed by atoms with Gasteiger partial charge < -0.3 is 9.64 Å². The fourth-order valence-electron chi connectivity index (χ4n) is 4.53. The van der Waals surface area contributed by atoms with Crippen LogP contribution in [0, 0.1) is 0 Å². The largest absolute Gasteiger partial charge is 0.458 e. The Hall–Kier alpha value is -3.17. The molecule has 2 amide bonds. The molecule has 2 saturated heterocycles. The van der Waals surface area contributed by atoms with Crippen LogP contribution in [0.15, 0.2) is 66.0 Å². The molecule has 3 aromatic rings. The van der Waals surface area contributed by atoms with E-state index in [1.165, 1.54) is 23.2 Å². The third-order valence-corrected chi connectivity index (χ3v) is 8.52. The molecule has 2 fully saturated rings. The molecular formula is C25H23N3O4S2. The molecule has 0 radical (unpaired) electrons. The Balaban J connectivity index is 1.29. The minimum atomic E-state index is -0.628. The maximum atomic E-state index is 13.0.